The van der Waals surface area contributed by atoms with Crippen LogP contribution >= 0.6 is 0 Å². The van der Waals surface area contributed by atoms with Crippen LogP contribution in [0.2, 0.25) is 0 Å². The minimum atomic E-state index is -1.44. The third-order valence-corrected chi connectivity index (χ3v) is 13.8. The molecule has 0 unspecified atom stereocenters. The van der Waals surface area contributed by atoms with Gasteiger partial charge in [0.05, 0.1) is 73.9 Å². The number of ether oxygens (including phenoxy) is 13. The summed E-state index contributed by atoms with van der Waals surface area (Å²) >= 11 is 0. The second kappa shape index (κ2) is 20.3. The number of hydrogen-bond acceptors (Lipinski definition) is 19. The van der Waals surface area contributed by atoms with Crippen molar-refractivity contribution >= 4 is 11.9 Å². The van der Waals surface area contributed by atoms with Crippen LogP contribution in [0.5, 0.6) is 51.7 Å². The highest BCUT2D eigenvalue weighted by molar-refractivity contribution is 5.84. The third kappa shape index (κ3) is 8.97. The lowest BCUT2D eigenvalue weighted by Crippen LogP contribution is -2.63. The molecular weight excluding hydrogens is 931 g/mol. The van der Waals surface area contributed by atoms with Gasteiger partial charge < -0.3 is 82.2 Å². The van der Waals surface area contributed by atoms with E-state index >= 15 is 0 Å². The van der Waals surface area contributed by atoms with E-state index in [1.165, 1.54) is 34.3 Å². The third-order valence-electron chi connectivity index (χ3n) is 13.8. The molecule has 4 aromatic carbocycles. The summed E-state index contributed by atoms with van der Waals surface area (Å²) in [5.74, 6) is 0.580. The average Bonchev–Trinajstić information content (AvgIpc) is 3.91. The number of cyclic esters (lactones) is 1. The van der Waals surface area contributed by atoms with Crippen molar-refractivity contribution < 1.29 is 86.5 Å². The quantitative estimate of drug-likeness (QED) is 0.163. The van der Waals surface area contributed by atoms with E-state index in [9.17, 15) is 29.7 Å². The number of phenolic OH excluding ortho intramolecular Hbond substituents is 1. The largest absolute Gasteiger partial charge is 0.502 e. The lowest BCUT2D eigenvalue weighted by molar-refractivity contribution is -0.364. The monoisotopic (exact) mass is 987 g/mol. The van der Waals surface area contributed by atoms with Crippen molar-refractivity contribution in [3.63, 3.8) is 0 Å². The van der Waals surface area contributed by atoms with Crippen LogP contribution in [0.1, 0.15) is 66.1 Å². The molecule has 0 spiro atoms. The number of rotatable bonds is 10. The minimum Gasteiger partial charge on any atom is -0.502 e. The molecule has 11 atom stereocenters. The Balaban J connectivity index is 0.000000189. The molecular formula is C51H57NO19. The summed E-state index contributed by atoms with van der Waals surface area (Å²) in [6, 6.07) is 13.5. The van der Waals surface area contributed by atoms with E-state index < -0.39 is 66.8 Å². The van der Waals surface area contributed by atoms with E-state index in [2.05, 4.69) is 5.32 Å². The zero-order valence-corrected chi connectivity index (χ0v) is 40.4. The molecule has 0 saturated carbocycles. The summed E-state index contributed by atoms with van der Waals surface area (Å²) in [5.41, 5.74) is 5.02. The number of amides is 1. The van der Waals surface area contributed by atoms with E-state index in [0.29, 0.717) is 63.8 Å². The maximum Gasteiger partial charge on any atom is 0.310 e. The van der Waals surface area contributed by atoms with Gasteiger partial charge in [0.25, 0.3) is 0 Å². The molecule has 3 fully saturated rings. The standard InChI is InChI=1S/C29H32O13.C22H25NO6/c1-11-36-9-20-27(40-11)24(31)25(32)29(41-20)42-26-14-7-17-16(38-10-39-17)6-13(14)21(22-15(26)8-37-28(22)33)12-4-18(34-2)23(30)19(5-12)35-3;1-12(24)23-16-8-6-13-10-19(27-3)21(28-4)22(29-5)20(13)14-7-9-18(26-2)17(25)11-15(14)16/h4-7,11,15,20-22,24-27,29-32H,8-10H2,1-3H3;7,9-11,16H,6,8H2,1-5H3,(H,23,24)/t11-,15+,20-,21-,22+,24-,25-,26-,27-,29+;16-/m10/s1. The Labute approximate surface area is 408 Å². The molecule has 0 aromatic heterocycles. The lowest BCUT2D eigenvalue weighted by Gasteiger charge is -2.47. The van der Waals surface area contributed by atoms with Gasteiger partial charge in [0, 0.05) is 24.3 Å². The van der Waals surface area contributed by atoms with E-state index in [0.717, 1.165) is 16.7 Å². The molecule has 4 N–H and O–H groups in total. The van der Waals surface area contributed by atoms with Crippen LogP contribution in [-0.4, -0.2) is 127 Å². The van der Waals surface area contributed by atoms with E-state index in [-0.39, 0.29) is 60.4 Å². The second-order valence-corrected chi connectivity index (χ2v) is 17.7. The first-order valence-electron chi connectivity index (χ1n) is 23.0. The Morgan fingerprint density at radius 1 is 0.732 bits per heavy atom. The van der Waals surface area contributed by atoms with Crippen LogP contribution in [0.4, 0.5) is 0 Å². The fourth-order valence-corrected chi connectivity index (χ4v) is 10.6. The van der Waals surface area contributed by atoms with Gasteiger partial charge in [0.1, 0.15) is 24.4 Å². The number of nitrogens with one attached hydrogen (secondary N) is 1. The SMILES string of the molecule is COc1cc([C@@H]2c3cc4c(cc3[C@@H](O[C@@H]3O[C@@H]5CO[C@@H](C)O[C@H]5[C@H](O)[C@H]3O)[C@H]3COC(=O)[C@H]23)OCO4)cc(OC)c1O.COc1cc2c(c(OC)c1OC)-c1ccc(OC)c(=O)cc1[C@@H](NC(C)=O)CC2. The Kier molecular flexibility index (Phi) is 14.1. The number of hydrogen-bond donors (Lipinski definition) is 4. The van der Waals surface area contributed by atoms with Gasteiger partial charge in [-0.2, -0.15) is 0 Å². The summed E-state index contributed by atoms with van der Waals surface area (Å²) < 4.78 is 73.5. The summed E-state index contributed by atoms with van der Waals surface area (Å²) in [6.07, 6.45) is -5.53. The van der Waals surface area contributed by atoms with Crippen molar-refractivity contribution in [3.8, 4) is 62.9 Å². The first-order chi connectivity index (χ1) is 34.2. The number of esters is 1. The molecule has 2 aliphatic carbocycles. The Bertz CT molecular complexity index is 2720. The molecule has 4 heterocycles. The topological polar surface area (TPSA) is 244 Å². The maximum absolute atomic E-state index is 13.4. The number of benzene rings is 3. The molecule has 0 radical (unpaired) electrons. The highest BCUT2D eigenvalue weighted by Crippen LogP contribution is 2.57. The molecule has 6 aliphatic rings. The van der Waals surface area contributed by atoms with Crippen LogP contribution < -0.4 is 48.6 Å². The average molecular weight is 988 g/mol. The molecule has 20 nitrogen and oxygen atoms in total. The molecule has 71 heavy (non-hydrogen) atoms. The molecule has 0 bridgehead atoms. The van der Waals surface area contributed by atoms with Crippen molar-refractivity contribution in [1.29, 1.82) is 0 Å². The summed E-state index contributed by atoms with van der Waals surface area (Å²) in [6.45, 7) is 3.39. The van der Waals surface area contributed by atoms with Crippen molar-refractivity contribution in [2.45, 2.75) is 81.7 Å². The van der Waals surface area contributed by atoms with Gasteiger partial charge in [0.2, 0.25) is 29.6 Å². The van der Waals surface area contributed by atoms with Gasteiger partial charge in [-0.05, 0) is 95.6 Å². The Morgan fingerprint density at radius 2 is 1.41 bits per heavy atom. The maximum atomic E-state index is 13.4. The van der Waals surface area contributed by atoms with Gasteiger partial charge in [-0.1, -0.05) is 6.07 Å². The molecule has 4 aliphatic heterocycles. The number of aryl methyl sites for hydroxylation is 1. The van der Waals surface area contributed by atoms with E-state index in [1.807, 2.05) is 12.1 Å². The van der Waals surface area contributed by atoms with E-state index in [4.69, 9.17) is 61.6 Å². The predicted molar refractivity (Wildman–Crippen MR) is 248 cm³/mol. The number of fused-ring (bicyclic) bond motifs is 7. The van der Waals surface area contributed by atoms with Crippen molar-refractivity contribution in [2.75, 3.05) is 62.7 Å². The number of methoxy groups -OCH3 is 6. The highest BCUT2D eigenvalue weighted by atomic mass is 16.8. The van der Waals surface area contributed by atoms with Gasteiger partial charge in [-0.3, -0.25) is 14.4 Å². The number of carbonyl (C=O) groups excluding carboxylic acids is 2. The molecule has 3 saturated heterocycles. The molecule has 4 aromatic rings. The van der Waals surface area contributed by atoms with Crippen LogP contribution in [-0.2, 0) is 39.7 Å². The zero-order chi connectivity index (χ0) is 50.4. The summed E-state index contributed by atoms with van der Waals surface area (Å²) in [4.78, 5) is 37.9. The first kappa shape index (κ1) is 49.4. The molecule has 20 heteroatoms. The normalized spacial score (nSPS) is 27.6. The van der Waals surface area contributed by atoms with Gasteiger partial charge >= 0.3 is 5.97 Å². The predicted octanol–water partition coefficient (Wildman–Crippen LogP) is 4.21. The molecule has 10 rings (SSSR count). The van der Waals surface area contributed by atoms with Crippen molar-refractivity contribution in [3.05, 3.63) is 86.6 Å². The summed E-state index contributed by atoms with van der Waals surface area (Å²) in [7, 11) is 9.00. The smallest absolute Gasteiger partial charge is 0.310 e. The van der Waals surface area contributed by atoms with Gasteiger partial charge in [-0.15, -0.1) is 0 Å². The van der Waals surface area contributed by atoms with E-state index in [1.54, 1.807) is 58.6 Å². The number of aliphatic hydroxyl groups is 2. The van der Waals surface area contributed by atoms with Crippen molar-refractivity contribution in [1.82, 2.24) is 5.32 Å². The summed E-state index contributed by atoms with van der Waals surface area (Å²) in [5, 5.41) is 35.5. The van der Waals surface area contributed by atoms with Gasteiger partial charge in [-0.25, -0.2) is 0 Å². The fourth-order valence-electron chi connectivity index (χ4n) is 10.6. The molecule has 380 valence electrons. The number of carbonyl (C=O) groups is 2. The Morgan fingerprint density at radius 3 is 2.06 bits per heavy atom. The zero-order valence-electron chi connectivity index (χ0n) is 40.4. The number of phenols is 1. The lowest BCUT2D eigenvalue weighted by atomic mass is 9.66. The van der Waals surface area contributed by atoms with Gasteiger partial charge in [0.15, 0.2) is 52.8 Å². The van der Waals surface area contributed by atoms with Crippen LogP contribution in [0.25, 0.3) is 11.1 Å². The second-order valence-electron chi connectivity index (χ2n) is 17.7. The molecule has 1 amide bonds. The first-order valence-corrected chi connectivity index (χ1v) is 23.0. The number of aliphatic hydroxyl groups excluding tert-OH is 2. The number of aromatic hydroxyl groups is 1. The van der Waals surface area contributed by atoms with Crippen molar-refractivity contribution in [2.24, 2.45) is 11.8 Å². The highest BCUT2D eigenvalue weighted by Gasteiger charge is 2.56. The van der Waals surface area contributed by atoms with Crippen LogP contribution in [0.3, 0.4) is 0 Å². The Hall–Kier alpha value is -6.55. The fraction of sp³-hybridized carbons (Fsp3) is 0.471. The minimum absolute atomic E-state index is 0.0301. The van der Waals surface area contributed by atoms with Crippen LogP contribution in [0.15, 0.2) is 53.3 Å². The van der Waals surface area contributed by atoms with Crippen LogP contribution in [0, 0.1) is 11.8 Å².